The van der Waals surface area contributed by atoms with E-state index in [-0.39, 0.29) is 58.1 Å². The number of rotatable bonds is 11. The van der Waals surface area contributed by atoms with Crippen LogP contribution in [0.1, 0.15) is 49.3 Å². The van der Waals surface area contributed by atoms with Gasteiger partial charge >= 0.3 is 5.97 Å². The Bertz CT molecular complexity index is 2330. The molecule has 264 valence electrons. The van der Waals surface area contributed by atoms with Crippen molar-refractivity contribution in [2.45, 2.75) is 50.8 Å². The molecule has 0 saturated heterocycles. The number of hydrazone groups is 1. The van der Waals surface area contributed by atoms with Crippen molar-refractivity contribution < 1.29 is 40.2 Å². The number of aryl methyl sites for hydroxylation is 2. The molecule has 1 atom stereocenters. The summed E-state index contributed by atoms with van der Waals surface area (Å²) in [7, 11) is -4.18. The molecular weight excluding hydrogens is 707 g/mol. The molecule has 0 aliphatic carbocycles. The van der Waals surface area contributed by atoms with Gasteiger partial charge in [0.25, 0.3) is 10.0 Å². The zero-order valence-corrected chi connectivity index (χ0v) is 29.3. The van der Waals surface area contributed by atoms with Crippen molar-refractivity contribution in [1.82, 2.24) is 3.97 Å². The van der Waals surface area contributed by atoms with Crippen LogP contribution in [0, 0.1) is 30.2 Å². The second-order valence-corrected chi connectivity index (χ2v) is 14.2. The highest BCUT2D eigenvalue weighted by atomic mass is 32.2. The summed E-state index contributed by atoms with van der Waals surface area (Å²) in [5, 5.41) is 5.42. The average molecular weight is 738 g/mol. The minimum absolute atomic E-state index is 0.0173. The number of halogens is 4. The van der Waals surface area contributed by atoms with Gasteiger partial charge in [0.2, 0.25) is 0 Å². The first-order valence-corrected chi connectivity index (χ1v) is 17.8. The van der Waals surface area contributed by atoms with E-state index < -0.39 is 50.9 Å². The molecule has 0 spiro atoms. The van der Waals surface area contributed by atoms with Crippen LogP contribution in [0.2, 0.25) is 0 Å². The van der Waals surface area contributed by atoms with E-state index in [0.29, 0.717) is 16.8 Å². The number of fused-ring (bicyclic) bond motifs is 1. The topological polar surface area (TPSA) is 90.2 Å². The first-order valence-electron chi connectivity index (χ1n) is 15.9. The van der Waals surface area contributed by atoms with E-state index in [2.05, 4.69) is 5.10 Å². The van der Waals surface area contributed by atoms with Crippen LogP contribution in [0.5, 0.6) is 11.5 Å². The van der Waals surface area contributed by atoms with Crippen molar-refractivity contribution in [3.63, 3.8) is 0 Å². The Balaban J connectivity index is 1.26. The Hall–Kier alpha value is -5.08. The molecule has 0 bridgehead atoms. The van der Waals surface area contributed by atoms with Crippen LogP contribution in [0.4, 0.5) is 23.2 Å². The zero-order valence-electron chi connectivity index (χ0n) is 27.6. The minimum Gasteiger partial charge on any atom is -0.466 e. The number of ether oxygens (including phenoxy) is 2. The molecule has 6 rings (SSSR count). The van der Waals surface area contributed by atoms with Crippen LogP contribution < -0.4 is 9.75 Å². The van der Waals surface area contributed by atoms with Crippen LogP contribution in [-0.2, 0) is 26.0 Å². The number of thiocarbonyl (C=S) groups is 1. The highest BCUT2D eigenvalue weighted by molar-refractivity contribution is 7.90. The zero-order chi connectivity index (χ0) is 36.6. The standard InChI is InChI=1S/C37H31F4N3O5S2/c1-4-48-34(45)15-10-23-6-5-7-26(35(23)40)22(3)30-20-33(50)44(42-30)32-18-24(11-14-28(32)38)49-37-29(39)19-31-27(36(37)41)16-17-43(31)51(46,47)25-12-8-21(2)9-13-25/h5-9,11-14,16-19,22H,4,10,15,20H2,1-3H3. The maximum absolute atomic E-state index is 15.7. The molecule has 5 aromatic rings. The second-order valence-electron chi connectivity index (χ2n) is 11.9. The predicted octanol–water partition coefficient (Wildman–Crippen LogP) is 8.73. The summed E-state index contributed by atoms with van der Waals surface area (Å²) in [6.07, 6.45) is 1.39. The van der Waals surface area contributed by atoms with Gasteiger partial charge in [0.05, 0.1) is 22.7 Å². The van der Waals surface area contributed by atoms with Crippen molar-refractivity contribution in [3.05, 3.63) is 119 Å². The molecule has 14 heteroatoms. The lowest BCUT2D eigenvalue weighted by Crippen LogP contribution is -2.19. The van der Waals surface area contributed by atoms with Gasteiger partial charge in [0.15, 0.2) is 17.4 Å². The lowest BCUT2D eigenvalue weighted by molar-refractivity contribution is -0.143. The van der Waals surface area contributed by atoms with Gasteiger partial charge in [-0.2, -0.15) is 5.10 Å². The Kier molecular flexibility index (Phi) is 10.0. The van der Waals surface area contributed by atoms with E-state index in [4.69, 9.17) is 21.7 Å². The van der Waals surface area contributed by atoms with Gasteiger partial charge in [0.1, 0.15) is 28.1 Å². The van der Waals surface area contributed by atoms with Crippen molar-refractivity contribution in [2.75, 3.05) is 11.6 Å². The number of hydrogen-bond acceptors (Lipinski definition) is 7. The Morgan fingerprint density at radius 2 is 1.73 bits per heavy atom. The molecule has 2 heterocycles. The summed E-state index contributed by atoms with van der Waals surface area (Å²) in [6.45, 7) is 5.45. The lowest BCUT2D eigenvalue weighted by atomic mass is 9.91. The van der Waals surface area contributed by atoms with Gasteiger partial charge in [-0.15, -0.1) is 0 Å². The van der Waals surface area contributed by atoms with Gasteiger partial charge < -0.3 is 9.47 Å². The summed E-state index contributed by atoms with van der Waals surface area (Å²) >= 11 is 5.51. The number of esters is 1. The molecule has 51 heavy (non-hydrogen) atoms. The quantitative estimate of drug-likeness (QED) is 0.0761. The summed E-state index contributed by atoms with van der Waals surface area (Å²) in [6, 6.07) is 16.3. The van der Waals surface area contributed by atoms with E-state index in [9.17, 15) is 13.2 Å². The maximum atomic E-state index is 15.7. The number of hydrogen-bond donors (Lipinski definition) is 0. The molecule has 1 aliphatic heterocycles. The van der Waals surface area contributed by atoms with E-state index in [1.165, 1.54) is 30.3 Å². The second kappa shape index (κ2) is 14.3. The van der Waals surface area contributed by atoms with E-state index in [1.54, 1.807) is 51.1 Å². The molecule has 1 aromatic heterocycles. The third-order valence-corrected chi connectivity index (χ3v) is 10.5. The van der Waals surface area contributed by atoms with Crippen molar-refractivity contribution in [3.8, 4) is 11.5 Å². The molecule has 0 N–H and O–H groups in total. The van der Waals surface area contributed by atoms with Gasteiger partial charge in [-0.1, -0.05) is 55.0 Å². The molecule has 0 saturated carbocycles. The molecule has 1 aliphatic rings. The molecule has 4 aromatic carbocycles. The van der Waals surface area contributed by atoms with Gasteiger partial charge in [-0.05, 0) is 61.7 Å². The fraction of sp³-hybridized carbons (Fsp3) is 0.216. The molecule has 0 fully saturated rings. The van der Waals surface area contributed by atoms with Crippen LogP contribution in [0.25, 0.3) is 10.9 Å². The van der Waals surface area contributed by atoms with Crippen LogP contribution in [0.3, 0.4) is 0 Å². The normalized spacial score (nSPS) is 13.8. The van der Waals surface area contributed by atoms with Crippen LogP contribution in [-0.4, -0.2) is 35.7 Å². The first-order chi connectivity index (χ1) is 24.3. The SMILES string of the molecule is CCOC(=O)CCc1cccc(C(C)C2=NN(c3cc(Oc4c(F)cc5c(ccn5S(=O)(=O)c5ccc(C)cc5)c4F)ccc3F)C(=S)C2)c1F. The van der Waals surface area contributed by atoms with Gasteiger partial charge in [0, 0.05) is 42.5 Å². The third kappa shape index (κ3) is 6.97. The Morgan fingerprint density at radius 3 is 2.45 bits per heavy atom. The van der Waals surface area contributed by atoms with E-state index in [1.807, 2.05) is 0 Å². The average Bonchev–Trinajstić information content (AvgIpc) is 3.71. The molecule has 1 unspecified atom stereocenters. The number of carbonyl (C=O) groups excluding carboxylic acids is 1. The van der Waals surface area contributed by atoms with Crippen LogP contribution in [0.15, 0.2) is 89.0 Å². The Morgan fingerprint density at radius 1 is 0.980 bits per heavy atom. The third-order valence-electron chi connectivity index (χ3n) is 8.53. The monoisotopic (exact) mass is 737 g/mol. The molecule has 0 amide bonds. The molecular formula is C37H31F4N3O5S2. The highest BCUT2D eigenvalue weighted by Gasteiger charge is 2.30. The number of aromatic nitrogens is 1. The highest BCUT2D eigenvalue weighted by Crippen LogP contribution is 2.38. The Labute approximate surface area is 297 Å². The van der Waals surface area contributed by atoms with Crippen molar-refractivity contribution in [2.24, 2.45) is 5.10 Å². The maximum Gasteiger partial charge on any atom is 0.306 e. The van der Waals surface area contributed by atoms with E-state index in [0.717, 1.165) is 32.9 Å². The summed E-state index contributed by atoms with van der Waals surface area (Å²) in [5.41, 5.74) is 1.53. The number of anilines is 1. The smallest absolute Gasteiger partial charge is 0.306 e. The van der Waals surface area contributed by atoms with Gasteiger partial charge in [-0.3, -0.25) is 4.79 Å². The van der Waals surface area contributed by atoms with Crippen molar-refractivity contribution in [1.29, 1.82) is 0 Å². The largest absolute Gasteiger partial charge is 0.466 e. The number of nitrogens with zero attached hydrogens (tertiary/aromatic N) is 3. The summed E-state index contributed by atoms with van der Waals surface area (Å²) in [4.78, 5) is 11.9. The van der Waals surface area contributed by atoms with Crippen LogP contribution >= 0.6 is 12.2 Å². The molecule has 8 nitrogen and oxygen atoms in total. The van der Waals surface area contributed by atoms with Crippen molar-refractivity contribution >= 4 is 55.5 Å². The number of benzene rings is 4. The summed E-state index contributed by atoms with van der Waals surface area (Å²) in [5.74, 6) is -5.60. The lowest BCUT2D eigenvalue weighted by Gasteiger charge is -2.17. The predicted molar refractivity (Wildman–Crippen MR) is 189 cm³/mol. The van der Waals surface area contributed by atoms with E-state index >= 15 is 17.6 Å². The first kappa shape index (κ1) is 35.7. The summed E-state index contributed by atoms with van der Waals surface area (Å²) < 4.78 is 99.8. The fourth-order valence-electron chi connectivity index (χ4n) is 5.78. The minimum atomic E-state index is -4.18. The van der Waals surface area contributed by atoms with Gasteiger partial charge in [-0.25, -0.2) is 35.0 Å². The fourth-order valence-corrected chi connectivity index (χ4v) is 7.41. The molecule has 0 radical (unpaired) electrons. The number of carbonyl (C=O) groups is 1.